The average molecular weight is 195 g/mol. The highest BCUT2D eigenvalue weighted by Gasteiger charge is 2.53. The van der Waals surface area contributed by atoms with E-state index in [0.717, 1.165) is 22.7 Å². The van der Waals surface area contributed by atoms with Crippen molar-refractivity contribution < 1.29 is 0 Å². The fourth-order valence-electron chi connectivity index (χ4n) is 2.20. The molecule has 1 aromatic rings. The van der Waals surface area contributed by atoms with Gasteiger partial charge in [0.25, 0.3) is 0 Å². The Bertz CT molecular complexity index is 312. The maximum atomic E-state index is 4.41. The number of hydrogen-bond donors (Lipinski definition) is 2. The van der Waals surface area contributed by atoms with Crippen LogP contribution in [0.25, 0.3) is 0 Å². The number of nitrogens with zero attached hydrogens (tertiary/aromatic N) is 1. The molecule has 0 bridgehead atoms. The minimum Gasteiger partial charge on any atom is -0.358 e. The number of hydrogen-bond acceptors (Lipinski definition) is 4. The van der Waals surface area contributed by atoms with Crippen LogP contribution in [0, 0.1) is 18.8 Å². The summed E-state index contributed by atoms with van der Waals surface area (Å²) >= 11 is 1.71. The Morgan fingerprint density at radius 3 is 2.92 bits per heavy atom. The molecule has 1 aliphatic heterocycles. The van der Waals surface area contributed by atoms with Crippen molar-refractivity contribution in [3.05, 3.63) is 11.1 Å². The summed E-state index contributed by atoms with van der Waals surface area (Å²) < 4.78 is 0. The number of thiazole rings is 1. The largest absolute Gasteiger partial charge is 0.358 e. The van der Waals surface area contributed by atoms with Crippen molar-refractivity contribution >= 4 is 16.5 Å². The maximum absolute atomic E-state index is 4.41. The van der Waals surface area contributed by atoms with Gasteiger partial charge in [0.15, 0.2) is 5.13 Å². The molecule has 0 amide bonds. The first-order valence-electron chi connectivity index (χ1n) is 4.74. The predicted molar refractivity (Wildman–Crippen MR) is 54.1 cm³/mol. The highest BCUT2D eigenvalue weighted by atomic mass is 32.1. The van der Waals surface area contributed by atoms with Gasteiger partial charge in [-0.1, -0.05) is 0 Å². The predicted octanol–water partition coefficient (Wildman–Crippen LogP) is 1.08. The lowest BCUT2D eigenvalue weighted by molar-refractivity contribution is 0.696. The summed E-state index contributed by atoms with van der Waals surface area (Å²) in [5.41, 5.74) is 1.12. The first-order valence-corrected chi connectivity index (χ1v) is 5.62. The summed E-state index contributed by atoms with van der Waals surface area (Å²) in [6.45, 7) is 4.41. The molecule has 13 heavy (non-hydrogen) atoms. The second kappa shape index (κ2) is 2.69. The SMILES string of the molecule is Cc1csc(NC2C3CNCC32)n1. The summed E-state index contributed by atoms with van der Waals surface area (Å²) in [6, 6.07) is 0.701. The molecule has 1 saturated carbocycles. The van der Waals surface area contributed by atoms with E-state index in [1.54, 1.807) is 11.3 Å². The summed E-state index contributed by atoms with van der Waals surface area (Å²) in [7, 11) is 0. The molecule has 2 unspecified atom stereocenters. The van der Waals surface area contributed by atoms with Crippen LogP contribution in [0.5, 0.6) is 0 Å². The van der Waals surface area contributed by atoms with E-state index in [-0.39, 0.29) is 0 Å². The molecule has 2 heterocycles. The normalized spacial score (nSPS) is 35.9. The average Bonchev–Trinajstić information content (AvgIpc) is 2.58. The van der Waals surface area contributed by atoms with Gasteiger partial charge in [0.05, 0.1) is 5.69 Å². The van der Waals surface area contributed by atoms with Crippen LogP contribution in [0.1, 0.15) is 5.69 Å². The van der Waals surface area contributed by atoms with Crippen molar-refractivity contribution in [3.63, 3.8) is 0 Å². The van der Waals surface area contributed by atoms with Crippen molar-refractivity contribution in [3.8, 4) is 0 Å². The Labute approximate surface area is 81.6 Å². The maximum Gasteiger partial charge on any atom is 0.183 e. The molecule has 0 aromatic carbocycles. The van der Waals surface area contributed by atoms with Gasteiger partial charge in [-0.05, 0) is 18.8 Å². The van der Waals surface area contributed by atoms with Crippen LogP contribution in [0.15, 0.2) is 5.38 Å². The van der Waals surface area contributed by atoms with Gasteiger partial charge in [-0.15, -0.1) is 11.3 Å². The van der Waals surface area contributed by atoms with Crippen molar-refractivity contribution in [2.75, 3.05) is 18.4 Å². The number of fused-ring (bicyclic) bond motifs is 1. The Kier molecular flexibility index (Phi) is 1.60. The molecule has 1 saturated heterocycles. The summed E-state index contributed by atoms with van der Waals surface area (Å²) in [4.78, 5) is 4.41. The quantitative estimate of drug-likeness (QED) is 0.741. The molecule has 2 fully saturated rings. The molecule has 0 spiro atoms. The molecule has 1 aromatic heterocycles. The van der Waals surface area contributed by atoms with Gasteiger partial charge in [0.1, 0.15) is 0 Å². The second-order valence-corrected chi connectivity index (χ2v) is 4.81. The zero-order chi connectivity index (χ0) is 8.84. The number of nitrogens with one attached hydrogen (secondary N) is 2. The third-order valence-electron chi connectivity index (χ3n) is 3.00. The van der Waals surface area contributed by atoms with E-state index in [9.17, 15) is 0 Å². The van der Waals surface area contributed by atoms with Crippen molar-refractivity contribution in [1.82, 2.24) is 10.3 Å². The Morgan fingerprint density at radius 1 is 1.54 bits per heavy atom. The first kappa shape index (κ1) is 7.76. The molecule has 70 valence electrons. The minimum atomic E-state index is 0.701. The van der Waals surface area contributed by atoms with E-state index < -0.39 is 0 Å². The summed E-state index contributed by atoms with van der Waals surface area (Å²) in [6.07, 6.45) is 0. The third kappa shape index (κ3) is 1.25. The van der Waals surface area contributed by atoms with E-state index in [1.165, 1.54) is 13.1 Å². The second-order valence-electron chi connectivity index (χ2n) is 3.95. The molecule has 3 rings (SSSR count). The van der Waals surface area contributed by atoms with Crippen LogP contribution in [-0.2, 0) is 0 Å². The zero-order valence-corrected chi connectivity index (χ0v) is 8.40. The van der Waals surface area contributed by atoms with Crippen LogP contribution in [0.4, 0.5) is 5.13 Å². The Hall–Kier alpha value is -0.610. The van der Waals surface area contributed by atoms with E-state index in [2.05, 4.69) is 21.0 Å². The number of aromatic nitrogens is 1. The van der Waals surface area contributed by atoms with E-state index in [1.807, 2.05) is 6.92 Å². The molecule has 1 aliphatic carbocycles. The smallest absolute Gasteiger partial charge is 0.183 e. The highest BCUT2D eigenvalue weighted by Crippen LogP contribution is 2.43. The van der Waals surface area contributed by atoms with E-state index >= 15 is 0 Å². The lowest BCUT2D eigenvalue weighted by Crippen LogP contribution is -2.21. The Morgan fingerprint density at radius 2 is 2.31 bits per heavy atom. The summed E-state index contributed by atoms with van der Waals surface area (Å²) in [5.74, 6) is 1.73. The Balaban J connectivity index is 1.65. The number of piperidine rings is 1. The lowest BCUT2D eigenvalue weighted by atomic mass is 10.4. The van der Waals surface area contributed by atoms with Gasteiger partial charge in [-0.2, -0.15) is 0 Å². The monoisotopic (exact) mass is 195 g/mol. The molecule has 3 nitrogen and oxygen atoms in total. The van der Waals surface area contributed by atoms with Crippen molar-refractivity contribution in [2.45, 2.75) is 13.0 Å². The lowest BCUT2D eigenvalue weighted by Gasteiger charge is -2.04. The van der Waals surface area contributed by atoms with E-state index in [0.29, 0.717) is 6.04 Å². The van der Waals surface area contributed by atoms with Crippen LogP contribution in [0.3, 0.4) is 0 Å². The fourth-order valence-corrected chi connectivity index (χ4v) is 2.93. The van der Waals surface area contributed by atoms with Gasteiger partial charge < -0.3 is 10.6 Å². The van der Waals surface area contributed by atoms with E-state index in [4.69, 9.17) is 0 Å². The van der Waals surface area contributed by atoms with Crippen LogP contribution in [-0.4, -0.2) is 24.1 Å². The van der Waals surface area contributed by atoms with Gasteiger partial charge in [-0.3, -0.25) is 0 Å². The first-order chi connectivity index (χ1) is 6.34. The fraction of sp³-hybridized carbons (Fsp3) is 0.667. The number of rotatable bonds is 2. The van der Waals surface area contributed by atoms with Crippen LogP contribution < -0.4 is 10.6 Å². The van der Waals surface area contributed by atoms with Gasteiger partial charge >= 0.3 is 0 Å². The van der Waals surface area contributed by atoms with Crippen LogP contribution in [0.2, 0.25) is 0 Å². The number of aryl methyl sites for hydroxylation is 1. The molecule has 4 heteroatoms. The number of anilines is 1. The highest BCUT2D eigenvalue weighted by molar-refractivity contribution is 7.13. The van der Waals surface area contributed by atoms with Crippen LogP contribution >= 0.6 is 11.3 Å². The third-order valence-corrected chi connectivity index (χ3v) is 3.89. The molecular formula is C9H13N3S. The molecule has 2 atom stereocenters. The molecule has 0 radical (unpaired) electrons. The van der Waals surface area contributed by atoms with Gasteiger partial charge in [0.2, 0.25) is 0 Å². The summed E-state index contributed by atoms with van der Waals surface area (Å²) in [5, 5.41) is 10.1. The standard InChI is InChI=1S/C9H13N3S/c1-5-4-13-9(11-5)12-8-6-2-10-3-7(6)8/h4,6-8,10H,2-3H2,1H3,(H,11,12). The van der Waals surface area contributed by atoms with Gasteiger partial charge in [-0.25, -0.2) is 4.98 Å². The molecule has 2 aliphatic rings. The van der Waals surface area contributed by atoms with Crippen molar-refractivity contribution in [1.29, 1.82) is 0 Å². The minimum absolute atomic E-state index is 0.701. The molecule has 2 N–H and O–H groups in total. The zero-order valence-electron chi connectivity index (χ0n) is 7.58. The van der Waals surface area contributed by atoms with Crippen molar-refractivity contribution in [2.24, 2.45) is 11.8 Å². The molecular weight excluding hydrogens is 182 g/mol. The topological polar surface area (TPSA) is 37.0 Å². The van der Waals surface area contributed by atoms with Gasteiger partial charge in [0, 0.05) is 24.5 Å².